The van der Waals surface area contributed by atoms with E-state index < -0.39 is 0 Å². The van der Waals surface area contributed by atoms with Gasteiger partial charge < -0.3 is 4.74 Å². The molecule has 1 rings (SSSR count). The van der Waals surface area contributed by atoms with Crippen molar-refractivity contribution >= 4 is 0 Å². The Bertz CT molecular complexity index is 275. The van der Waals surface area contributed by atoms with Gasteiger partial charge in [0.1, 0.15) is 5.75 Å². The molecule has 2 nitrogen and oxygen atoms in total. The van der Waals surface area contributed by atoms with Crippen LogP contribution in [0.4, 0.5) is 0 Å². The second kappa shape index (κ2) is 3.62. The summed E-state index contributed by atoms with van der Waals surface area (Å²) in [6, 6.07) is 7.68. The van der Waals surface area contributed by atoms with E-state index in [9.17, 15) is 0 Å². The average Bonchev–Trinajstić information content (AvgIpc) is 2.06. The minimum atomic E-state index is 0.504. The molecule has 0 saturated carbocycles. The van der Waals surface area contributed by atoms with E-state index in [0.29, 0.717) is 6.54 Å². The third-order valence-electron chi connectivity index (χ3n) is 1.45. The first-order chi connectivity index (χ1) is 5.38. The van der Waals surface area contributed by atoms with Crippen LogP contribution in [0.1, 0.15) is 5.56 Å². The van der Waals surface area contributed by atoms with Gasteiger partial charge in [-0.3, -0.25) is 0 Å². The van der Waals surface area contributed by atoms with Crippen LogP contribution in [0.15, 0.2) is 24.3 Å². The number of rotatable bonds is 2. The Kier molecular flexibility index (Phi) is 2.51. The van der Waals surface area contributed by atoms with Crippen molar-refractivity contribution in [1.29, 1.82) is 0 Å². The van der Waals surface area contributed by atoms with Gasteiger partial charge in [-0.15, -0.1) is 0 Å². The topological polar surface area (TPSA) is 13.6 Å². The van der Waals surface area contributed by atoms with Crippen LogP contribution in [-0.4, -0.2) is 7.11 Å². The fraction of sp³-hybridized carbons (Fsp3) is 0.222. The Morgan fingerprint density at radius 1 is 1.45 bits per heavy atom. The lowest BCUT2D eigenvalue weighted by atomic mass is 10.2. The highest BCUT2D eigenvalue weighted by atomic mass is 16.5. The number of hydrogen-bond donors (Lipinski definition) is 0. The molecule has 0 saturated heterocycles. The molecule has 0 aromatic heterocycles. The number of benzene rings is 1. The molecule has 0 aliphatic heterocycles. The number of para-hydroxylation sites is 1. The largest absolute Gasteiger partial charge is 0.496 e. The summed E-state index contributed by atoms with van der Waals surface area (Å²) >= 11 is 0. The zero-order valence-electron chi connectivity index (χ0n) is 6.45. The van der Waals surface area contributed by atoms with Crippen LogP contribution >= 0.6 is 0 Å². The van der Waals surface area contributed by atoms with E-state index in [2.05, 4.69) is 4.85 Å². The molecule has 0 radical (unpaired) electrons. The number of nitrogens with zero attached hydrogens (tertiary/aromatic N) is 1. The molecule has 0 aliphatic carbocycles. The van der Waals surface area contributed by atoms with Gasteiger partial charge in [-0.2, -0.15) is 0 Å². The molecular formula is C9H10NO+. The van der Waals surface area contributed by atoms with Crippen molar-refractivity contribution in [2.45, 2.75) is 6.54 Å². The van der Waals surface area contributed by atoms with Gasteiger partial charge in [0.25, 0.3) is 13.1 Å². The highest BCUT2D eigenvalue weighted by molar-refractivity contribution is 5.33. The Hall–Kier alpha value is -1.49. The molecule has 0 atom stereocenters. The van der Waals surface area contributed by atoms with E-state index >= 15 is 0 Å². The lowest BCUT2D eigenvalue weighted by molar-refractivity contribution is 0.410. The van der Waals surface area contributed by atoms with Gasteiger partial charge in [-0.1, -0.05) is 17.0 Å². The van der Waals surface area contributed by atoms with Gasteiger partial charge >= 0.3 is 0 Å². The van der Waals surface area contributed by atoms with Gasteiger partial charge in [0.2, 0.25) is 0 Å². The van der Waals surface area contributed by atoms with Crippen LogP contribution in [0.25, 0.3) is 4.85 Å². The summed E-state index contributed by atoms with van der Waals surface area (Å²) < 4.78 is 5.08. The molecule has 0 amide bonds. The summed E-state index contributed by atoms with van der Waals surface area (Å²) in [4.78, 5) is 3.53. The first-order valence-electron chi connectivity index (χ1n) is 3.37. The van der Waals surface area contributed by atoms with Crippen LogP contribution in [0.2, 0.25) is 0 Å². The minimum Gasteiger partial charge on any atom is -0.496 e. The summed E-state index contributed by atoms with van der Waals surface area (Å²) in [5, 5.41) is 0. The van der Waals surface area contributed by atoms with E-state index in [1.807, 2.05) is 24.3 Å². The summed E-state index contributed by atoms with van der Waals surface area (Å²) in [7, 11) is 1.63. The highest BCUT2D eigenvalue weighted by Crippen LogP contribution is 2.17. The maximum atomic E-state index is 5.08. The van der Waals surface area contributed by atoms with Crippen molar-refractivity contribution in [1.82, 2.24) is 0 Å². The summed E-state index contributed by atoms with van der Waals surface area (Å²) in [5.74, 6) is 0.835. The van der Waals surface area contributed by atoms with Gasteiger partial charge in [-0.05, 0) is 12.1 Å². The number of methoxy groups -OCH3 is 1. The molecule has 0 aliphatic rings. The zero-order chi connectivity index (χ0) is 8.10. The summed E-state index contributed by atoms with van der Waals surface area (Å²) in [5.41, 5.74) is 1.01. The molecular weight excluding hydrogens is 138 g/mol. The van der Waals surface area contributed by atoms with Gasteiger partial charge in [-0.25, -0.2) is 0 Å². The third-order valence-corrected chi connectivity index (χ3v) is 1.45. The van der Waals surface area contributed by atoms with E-state index in [-0.39, 0.29) is 0 Å². The Labute approximate surface area is 66.2 Å². The Morgan fingerprint density at radius 3 is 2.82 bits per heavy atom. The molecule has 0 fully saturated rings. The Morgan fingerprint density at radius 2 is 2.18 bits per heavy atom. The highest BCUT2D eigenvalue weighted by Gasteiger charge is 2.03. The average molecular weight is 148 g/mol. The molecule has 0 unspecified atom stereocenters. The fourth-order valence-corrected chi connectivity index (χ4v) is 0.932. The minimum absolute atomic E-state index is 0.504. The first kappa shape index (κ1) is 7.62. The summed E-state index contributed by atoms with van der Waals surface area (Å²) in [6.45, 7) is 5.56. The molecule has 0 bridgehead atoms. The van der Waals surface area contributed by atoms with Crippen molar-refractivity contribution < 1.29 is 4.74 Å². The molecule has 0 N–H and O–H groups in total. The van der Waals surface area contributed by atoms with E-state index in [1.165, 1.54) is 0 Å². The molecule has 1 aromatic carbocycles. The van der Waals surface area contributed by atoms with Crippen LogP contribution in [0.3, 0.4) is 0 Å². The van der Waals surface area contributed by atoms with Crippen LogP contribution in [0, 0.1) is 6.57 Å². The van der Waals surface area contributed by atoms with Gasteiger partial charge in [0.05, 0.1) is 12.7 Å². The van der Waals surface area contributed by atoms with Crippen molar-refractivity contribution in [2.75, 3.05) is 7.11 Å². The van der Waals surface area contributed by atoms with E-state index in [4.69, 9.17) is 11.3 Å². The predicted molar refractivity (Wildman–Crippen MR) is 45.0 cm³/mol. The number of ether oxygens (including phenoxy) is 1. The molecule has 0 spiro atoms. The smallest absolute Gasteiger partial charge is 0.291 e. The fourth-order valence-electron chi connectivity index (χ4n) is 0.932. The van der Waals surface area contributed by atoms with Crippen molar-refractivity contribution in [3.63, 3.8) is 0 Å². The second-order valence-corrected chi connectivity index (χ2v) is 2.15. The normalized spacial score (nSPS) is 8.73. The van der Waals surface area contributed by atoms with Crippen molar-refractivity contribution in [2.24, 2.45) is 0 Å². The molecule has 11 heavy (non-hydrogen) atoms. The van der Waals surface area contributed by atoms with E-state index in [1.54, 1.807) is 7.11 Å². The van der Waals surface area contributed by atoms with Crippen LogP contribution in [0.5, 0.6) is 5.75 Å². The van der Waals surface area contributed by atoms with Gasteiger partial charge in [0.15, 0.2) is 0 Å². The molecule has 2 heteroatoms. The molecule has 56 valence electrons. The Balaban J connectivity index is 2.94. The molecule has 1 aromatic rings. The maximum Gasteiger partial charge on any atom is 0.291 e. The lowest BCUT2D eigenvalue weighted by Crippen LogP contribution is -1.88. The summed E-state index contributed by atoms with van der Waals surface area (Å²) in [6.07, 6.45) is 0. The molecule has 0 heterocycles. The van der Waals surface area contributed by atoms with Crippen molar-refractivity contribution in [3.8, 4) is 12.3 Å². The quantitative estimate of drug-likeness (QED) is 0.626. The van der Waals surface area contributed by atoms with Crippen molar-refractivity contribution in [3.05, 3.63) is 34.7 Å². The zero-order valence-corrected chi connectivity index (χ0v) is 6.45. The second-order valence-electron chi connectivity index (χ2n) is 2.15. The maximum absolute atomic E-state index is 5.08. The van der Waals surface area contributed by atoms with Gasteiger partial charge in [0, 0.05) is 0 Å². The predicted octanol–water partition coefficient (Wildman–Crippen LogP) is 2.16. The number of hydrogen-bond acceptors (Lipinski definition) is 1. The first-order valence-corrected chi connectivity index (χ1v) is 3.37. The lowest BCUT2D eigenvalue weighted by Gasteiger charge is -2.00. The standard InChI is InChI=1S/C9H10NO/c1-10-7-8-5-3-4-6-9(8)11-2/h1,3-6H,7H2,2H3/q+1. The van der Waals surface area contributed by atoms with E-state index in [0.717, 1.165) is 11.3 Å². The third kappa shape index (κ3) is 1.71. The van der Waals surface area contributed by atoms with Crippen LogP contribution in [-0.2, 0) is 6.54 Å². The van der Waals surface area contributed by atoms with Crippen LogP contribution < -0.4 is 4.74 Å². The SMILES string of the molecule is C#[N+]Cc1ccccc1OC. The monoisotopic (exact) mass is 148 g/mol.